The Kier molecular flexibility index (Phi) is 4.56. The number of nitrogens with two attached hydrogens (primary N) is 1. The molecule has 0 fully saturated rings. The topological polar surface area (TPSA) is 35.2 Å². The molecule has 0 aliphatic carbocycles. The van der Waals surface area contributed by atoms with E-state index in [-0.39, 0.29) is 6.04 Å². The molecule has 1 aromatic carbocycles. The molecule has 19 heavy (non-hydrogen) atoms. The first-order valence-corrected chi connectivity index (χ1v) is 7.78. The maximum Gasteiger partial charge on any atom is 0.138 e. The average Bonchev–Trinajstić information content (AvgIpc) is 2.68. The lowest BCUT2D eigenvalue weighted by molar-refractivity contribution is 0.405. The van der Waals surface area contributed by atoms with Gasteiger partial charge in [0, 0.05) is 20.3 Å². The number of benzene rings is 1. The minimum Gasteiger partial charge on any atom is -0.495 e. The Hall–Kier alpha value is -0.550. The highest BCUT2D eigenvalue weighted by molar-refractivity contribution is 9.10. The SMILES string of the molecule is COc1c(Br)cc(Cl)cc1C(N)c1cc(C)c(C)s1. The summed E-state index contributed by atoms with van der Waals surface area (Å²) in [6, 6.07) is 5.56. The van der Waals surface area contributed by atoms with Crippen LogP contribution >= 0.6 is 38.9 Å². The van der Waals surface area contributed by atoms with Crippen LogP contribution in [0, 0.1) is 13.8 Å². The summed E-state index contributed by atoms with van der Waals surface area (Å²) in [6.07, 6.45) is 0. The van der Waals surface area contributed by atoms with Crippen LogP contribution < -0.4 is 10.5 Å². The summed E-state index contributed by atoms with van der Waals surface area (Å²) in [5.74, 6) is 0.737. The average molecular weight is 361 g/mol. The first-order chi connectivity index (χ1) is 8.93. The van der Waals surface area contributed by atoms with Crippen LogP contribution in [0.3, 0.4) is 0 Å². The monoisotopic (exact) mass is 359 g/mol. The summed E-state index contributed by atoms with van der Waals surface area (Å²) in [4.78, 5) is 2.40. The lowest BCUT2D eigenvalue weighted by Gasteiger charge is -2.16. The molecule has 0 aliphatic rings. The molecule has 1 heterocycles. The highest BCUT2D eigenvalue weighted by Gasteiger charge is 2.19. The van der Waals surface area contributed by atoms with Crippen LogP contribution in [0.1, 0.15) is 26.9 Å². The number of rotatable bonds is 3. The van der Waals surface area contributed by atoms with Crippen molar-refractivity contribution >= 4 is 38.9 Å². The van der Waals surface area contributed by atoms with Crippen molar-refractivity contribution in [1.82, 2.24) is 0 Å². The normalized spacial score (nSPS) is 12.5. The van der Waals surface area contributed by atoms with E-state index in [1.165, 1.54) is 10.4 Å². The van der Waals surface area contributed by atoms with Crippen molar-refractivity contribution in [3.05, 3.63) is 48.6 Å². The standard InChI is InChI=1S/C14H15BrClNOS/c1-7-4-12(19-8(7)2)13(17)10-5-9(16)6-11(15)14(10)18-3/h4-6,13H,17H2,1-3H3. The third kappa shape index (κ3) is 2.97. The first kappa shape index (κ1) is 14.9. The summed E-state index contributed by atoms with van der Waals surface area (Å²) in [6.45, 7) is 4.19. The van der Waals surface area contributed by atoms with Gasteiger partial charge in [-0.25, -0.2) is 0 Å². The molecule has 0 spiro atoms. The van der Waals surface area contributed by atoms with E-state index in [9.17, 15) is 0 Å². The minimum atomic E-state index is -0.234. The van der Waals surface area contributed by atoms with Crippen molar-refractivity contribution in [2.45, 2.75) is 19.9 Å². The van der Waals surface area contributed by atoms with E-state index in [4.69, 9.17) is 22.1 Å². The Morgan fingerprint density at radius 3 is 2.53 bits per heavy atom. The van der Waals surface area contributed by atoms with Crippen molar-refractivity contribution < 1.29 is 4.74 Å². The van der Waals surface area contributed by atoms with Gasteiger partial charge in [0.15, 0.2) is 0 Å². The summed E-state index contributed by atoms with van der Waals surface area (Å²) < 4.78 is 6.25. The van der Waals surface area contributed by atoms with Crippen molar-refractivity contribution in [1.29, 1.82) is 0 Å². The van der Waals surface area contributed by atoms with Crippen LogP contribution in [0.4, 0.5) is 0 Å². The predicted octanol–water partition coefficient (Wildman–Crippen LogP) is 4.84. The van der Waals surface area contributed by atoms with Crippen LogP contribution in [0.15, 0.2) is 22.7 Å². The summed E-state index contributed by atoms with van der Waals surface area (Å²) in [5, 5.41) is 0.642. The number of methoxy groups -OCH3 is 1. The Morgan fingerprint density at radius 1 is 1.32 bits per heavy atom. The van der Waals surface area contributed by atoms with Gasteiger partial charge in [0.1, 0.15) is 5.75 Å². The molecule has 0 saturated carbocycles. The second kappa shape index (κ2) is 5.83. The molecular weight excluding hydrogens is 346 g/mol. The van der Waals surface area contributed by atoms with E-state index in [0.717, 1.165) is 20.7 Å². The fourth-order valence-electron chi connectivity index (χ4n) is 1.93. The van der Waals surface area contributed by atoms with Gasteiger partial charge in [-0.05, 0) is 53.5 Å². The van der Waals surface area contributed by atoms with E-state index in [1.807, 2.05) is 12.1 Å². The Balaban J connectivity index is 2.51. The number of ether oxygens (including phenoxy) is 1. The molecule has 1 unspecified atom stereocenters. The quantitative estimate of drug-likeness (QED) is 0.850. The fraction of sp³-hybridized carbons (Fsp3) is 0.286. The number of halogens is 2. The van der Waals surface area contributed by atoms with E-state index < -0.39 is 0 Å². The summed E-state index contributed by atoms with van der Waals surface area (Å²) in [7, 11) is 1.63. The van der Waals surface area contributed by atoms with E-state index in [1.54, 1.807) is 18.4 Å². The molecule has 2 N–H and O–H groups in total. The summed E-state index contributed by atoms with van der Waals surface area (Å²) in [5.41, 5.74) is 8.52. The molecule has 1 aromatic heterocycles. The molecule has 1 atom stereocenters. The lowest BCUT2D eigenvalue weighted by Crippen LogP contribution is -2.12. The molecule has 2 nitrogen and oxygen atoms in total. The van der Waals surface area contributed by atoms with Crippen molar-refractivity contribution in [2.75, 3.05) is 7.11 Å². The molecule has 0 saturated heterocycles. The highest BCUT2D eigenvalue weighted by atomic mass is 79.9. The maximum atomic E-state index is 6.36. The van der Waals surface area contributed by atoms with Crippen molar-refractivity contribution in [3.8, 4) is 5.75 Å². The van der Waals surface area contributed by atoms with Gasteiger partial charge in [-0.3, -0.25) is 0 Å². The lowest BCUT2D eigenvalue weighted by atomic mass is 10.0. The van der Waals surface area contributed by atoms with Gasteiger partial charge in [-0.2, -0.15) is 0 Å². The van der Waals surface area contributed by atoms with Gasteiger partial charge in [0.2, 0.25) is 0 Å². The van der Waals surface area contributed by atoms with Crippen LogP contribution in [0.25, 0.3) is 0 Å². The molecule has 0 bridgehead atoms. The highest BCUT2D eigenvalue weighted by Crippen LogP contribution is 2.39. The molecule has 102 valence electrons. The predicted molar refractivity (Wildman–Crippen MR) is 85.5 cm³/mol. The van der Waals surface area contributed by atoms with E-state index in [2.05, 4.69) is 35.8 Å². The number of thiophene rings is 1. The van der Waals surface area contributed by atoms with Gasteiger partial charge < -0.3 is 10.5 Å². The Bertz CT molecular complexity index is 592. The Morgan fingerprint density at radius 2 is 2.00 bits per heavy atom. The zero-order valence-corrected chi connectivity index (χ0v) is 14.1. The molecule has 0 radical (unpaired) electrons. The smallest absolute Gasteiger partial charge is 0.138 e. The number of hydrogen-bond donors (Lipinski definition) is 1. The minimum absolute atomic E-state index is 0.234. The molecule has 2 aromatic rings. The fourth-order valence-corrected chi connectivity index (χ4v) is 3.99. The Labute approximate surface area is 130 Å². The van der Waals surface area contributed by atoms with Gasteiger partial charge in [-0.1, -0.05) is 11.6 Å². The van der Waals surface area contributed by atoms with Crippen LogP contribution in [-0.4, -0.2) is 7.11 Å². The molecular formula is C14H15BrClNOS. The van der Waals surface area contributed by atoms with Gasteiger partial charge in [0.05, 0.1) is 17.6 Å². The zero-order valence-electron chi connectivity index (χ0n) is 11.0. The first-order valence-electron chi connectivity index (χ1n) is 5.79. The van der Waals surface area contributed by atoms with Crippen LogP contribution in [0.2, 0.25) is 5.02 Å². The molecule has 0 aliphatic heterocycles. The van der Waals surface area contributed by atoms with Gasteiger partial charge >= 0.3 is 0 Å². The maximum absolute atomic E-state index is 6.36. The van der Waals surface area contributed by atoms with Crippen LogP contribution in [-0.2, 0) is 0 Å². The molecule has 0 amide bonds. The number of aryl methyl sites for hydroxylation is 2. The van der Waals surface area contributed by atoms with Crippen LogP contribution in [0.5, 0.6) is 5.75 Å². The second-order valence-electron chi connectivity index (χ2n) is 4.38. The third-order valence-corrected chi connectivity index (χ3v) is 5.11. The molecule has 5 heteroatoms. The van der Waals surface area contributed by atoms with Crippen molar-refractivity contribution in [3.63, 3.8) is 0 Å². The zero-order chi connectivity index (χ0) is 14.2. The van der Waals surface area contributed by atoms with E-state index in [0.29, 0.717) is 5.02 Å². The van der Waals surface area contributed by atoms with E-state index >= 15 is 0 Å². The number of hydrogen-bond acceptors (Lipinski definition) is 3. The van der Waals surface area contributed by atoms with Crippen molar-refractivity contribution in [2.24, 2.45) is 5.73 Å². The summed E-state index contributed by atoms with van der Waals surface area (Å²) >= 11 is 11.3. The third-order valence-electron chi connectivity index (χ3n) is 3.07. The largest absolute Gasteiger partial charge is 0.495 e. The second-order valence-corrected chi connectivity index (χ2v) is 6.95. The van der Waals surface area contributed by atoms with Gasteiger partial charge in [-0.15, -0.1) is 11.3 Å². The molecule has 2 rings (SSSR count). The van der Waals surface area contributed by atoms with Gasteiger partial charge in [0.25, 0.3) is 0 Å².